The summed E-state index contributed by atoms with van der Waals surface area (Å²) in [5.74, 6) is 2.11. The average molecular weight is 347 g/mol. The normalized spacial score (nSPS) is 10.8. The van der Waals surface area contributed by atoms with Gasteiger partial charge in [0.1, 0.15) is 6.33 Å². The molecule has 0 spiro atoms. The molecule has 3 aromatic carbocycles. The minimum Gasteiger partial charge on any atom is -0.493 e. The third-order valence-corrected chi connectivity index (χ3v) is 4.24. The zero-order valence-corrected chi connectivity index (χ0v) is 14.4. The average Bonchev–Trinajstić information content (AvgIpc) is 2.69. The predicted molar refractivity (Wildman–Crippen MR) is 101 cm³/mol. The number of fused-ring (bicyclic) bond motifs is 2. The van der Waals surface area contributed by atoms with E-state index in [0.717, 1.165) is 10.8 Å². The van der Waals surface area contributed by atoms with Crippen LogP contribution in [0.5, 0.6) is 23.1 Å². The van der Waals surface area contributed by atoms with Crippen molar-refractivity contribution in [2.45, 2.75) is 0 Å². The molecule has 0 saturated heterocycles. The van der Waals surface area contributed by atoms with Crippen LogP contribution in [0, 0.1) is 0 Å². The van der Waals surface area contributed by atoms with Gasteiger partial charge in [-0.15, -0.1) is 0 Å². The summed E-state index contributed by atoms with van der Waals surface area (Å²) in [5, 5.41) is 2.69. The monoisotopic (exact) mass is 347 g/mol. The lowest BCUT2D eigenvalue weighted by Crippen LogP contribution is -1.97. The molecule has 0 unspecified atom stereocenters. The SMILES string of the molecule is COc1cc2ncnc(Oc3ccc4ccccc4c3N)c2cc1OC. The van der Waals surface area contributed by atoms with Gasteiger partial charge in [0.2, 0.25) is 5.88 Å². The number of nitrogens with zero attached hydrogens (tertiary/aromatic N) is 2. The van der Waals surface area contributed by atoms with Crippen LogP contribution in [0.4, 0.5) is 5.69 Å². The Bertz CT molecular complexity index is 1110. The maximum atomic E-state index is 6.30. The van der Waals surface area contributed by atoms with Crippen molar-refractivity contribution in [3.8, 4) is 23.1 Å². The fraction of sp³-hybridized carbons (Fsp3) is 0.100. The summed E-state index contributed by atoms with van der Waals surface area (Å²) in [6, 6.07) is 15.3. The van der Waals surface area contributed by atoms with Crippen LogP contribution in [0.1, 0.15) is 0 Å². The summed E-state index contributed by atoms with van der Waals surface area (Å²) in [4.78, 5) is 8.55. The Kier molecular flexibility index (Phi) is 3.93. The van der Waals surface area contributed by atoms with Crippen molar-refractivity contribution >= 4 is 27.4 Å². The predicted octanol–water partition coefficient (Wildman–Crippen LogP) is 4.17. The van der Waals surface area contributed by atoms with E-state index in [1.165, 1.54) is 6.33 Å². The molecule has 0 radical (unpaired) electrons. The highest BCUT2D eigenvalue weighted by Gasteiger charge is 2.14. The first-order chi connectivity index (χ1) is 12.7. The van der Waals surface area contributed by atoms with E-state index in [-0.39, 0.29) is 0 Å². The Morgan fingerprint density at radius 2 is 1.58 bits per heavy atom. The number of hydrogen-bond donors (Lipinski definition) is 1. The third kappa shape index (κ3) is 2.61. The van der Waals surface area contributed by atoms with Gasteiger partial charge < -0.3 is 19.9 Å². The second-order valence-electron chi connectivity index (χ2n) is 5.70. The van der Waals surface area contributed by atoms with E-state index in [0.29, 0.717) is 39.7 Å². The number of hydrogen-bond acceptors (Lipinski definition) is 6. The molecule has 6 nitrogen and oxygen atoms in total. The highest BCUT2D eigenvalue weighted by molar-refractivity contribution is 5.96. The fourth-order valence-corrected chi connectivity index (χ4v) is 2.91. The topological polar surface area (TPSA) is 79.5 Å². The molecule has 6 heteroatoms. The lowest BCUT2D eigenvalue weighted by Gasteiger charge is -2.13. The van der Waals surface area contributed by atoms with Crippen molar-refractivity contribution in [2.75, 3.05) is 20.0 Å². The van der Waals surface area contributed by atoms with Crippen LogP contribution in [0.3, 0.4) is 0 Å². The summed E-state index contributed by atoms with van der Waals surface area (Å²) < 4.78 is 16.7. The molecule has 0 atom stereocenters. The van der Waals surface area contributed by atoms with Gasteiger partial charge in [0, 0.05) is 11.5 Å². The Morgan fingerprint density at radius 3 is 2.38 bits per heavy atom. The van der Waals surface area contributed by atoms with Gasteiger partial charge in [0.05, 0.1) is 30.8 Å². The molecule has 0 saturated carbocycles. The second kappa shape index (κ2) is 6.40. The zero-order chi connectivity index (χ0) is 18.1. The minimum atomic E-state index is 0.401. The molecule has 0 bridgehead atoms. The van der Waals surface area contributed by atoms with Gasteiger partial charge in [-0.1, -0.05) is 30.3 Å². The Hall–Kier alpha value is -3.54. The van der Waals surface area contributed by atoms with Gasteiger partial charge in [-0.25, -0.2) is 9.97 Å². The molecule has 130 valence electrons. The standard InChI is InChI=1S/C20H17N3O3/c1-24-17-9-14-15(10-18(17)25-2)22-11-23-20(14)26-16-8-7-12-5-3-4-6-13(12)19(16)21/h3-11H,21H2,1-2H3. The molecule has 2 N–H and O–H groups in total. The van der Waals surface area contributed by atoms with Crippen molar-refractivity contribution in [3.05, 3.63) is 54.9 Å². The van der Waals surface area contributed by atoms with E-state index in [1.54, 1.807) is 26.4 Å². The second-order valence-corrected chi connectivity index (χ2v) is 5.70. The van der Waals surface area contributed by atoms with Gasteiger partial charge in [0.25, 0.3) is 0 Å². The first-order valence-electron chi connectivity index (χ1n) is 8.03. The molecule has 0 aliphatic heterocycles. The highest BCUT2D eigenvalue weighted by Crippen LogP contribution is 2.38. The maximum absolute atomic E-state index is 6.30. The molecule has 4 aromatic rings. The molecular weight excluding hydrogens is 330 g/mol. The molecule has 0 amide bonds. The van der Waals surface area contributed by atoms with E-state index in [4.69, 9.17) is 19.9 Å². The largest absolute Gasteiger partial charge is 0.493 e. The maximum Gasteiger partial charge on any atom is 0.230 e. The van der Waals surface area contributed by atoms with Crippen LogP contribution in [0.25, 0.3) is 21.7 Å². The van der Waals surface area contributed by atoms with Gasteiger partial charge in [-0.2, -0.15) is 0 Å². The van der Waals surface area contributed by atoms with Gasteiger partial charge in [0.15, 0.2) is 17.2 Å². The first-order valence-corrected chi connectivity index (χ1v) is 8.03. The molecule has 0 fully saturated rings. The number of rotatable bonds is 4. The molecule has 4 rings (SSSR count). The molecular formula is C20H17N3O3. The van der Waals surface area contributed by atoms with E-state index in [2.05, 4.69) is 9.97 Å². The van der Waals surface area contributed by atoms with E-state index in [9.17, 15) is 0 Å². The number of nitrogens with two attached hydrogens (primary N) is 1. The minimum absolute atomic E-state index is 0.401. The lowest BCUT2D eigenvalue weighted by molar-refractivity contribution is 0.355. The molecule has 0 aliphatic carbocycles. The Labute approximate surface area is 150 Å². The molecule has 1 heterocycles. The number of anilines is 1. The van der Waals surface area contributed by atoms with E-state index < -0.39 is 0 Å². The summed E-state index contributed by atoms with van der Waals surface area (Å²) in [6.07, 6.45) is 1.45. The molecule has 1 aromatic heterocycles. The zero-order valence-electron chi connectivity index (χ0n) is 14.4. The van der Waals surface area contributed by atoms with Gasteiger partial charge >= 0.3 is 0 Å². The summed E-state index contributed by atoms with van der Waals surface area (Å²) in [6.45, 7) is 0. The van der Waals surface area contributed by atoms with Gasteiger partial charge in [-0.05, 0) is 17.5 Å². The van der Waals surface area contributed by atoms with Crippen LogP contribution >= 0.6 is 0 Å². The van der Waals surface area contributed by atoms with Crippen molar-refractivity contribution in [1.29, 1.82) is 0 Å². The fourth-order valence-electron chi connectivity index (χ4n) is 2.91. The third-order valence-electron chi connectivity index (χ3n) is 4.24. The van der Waals surface area contributed by atoms with Crippen molar-refractivity contribution < 1.29 is 14.2 Å². The van der Waals surface area contributed by atoms with Crippen molar-refractivity contribution in [2.24, 2.45) is 0 Å². The summed E-state index contributed by atoms with van der Waals surface area (Å²) in [7, 11) is 3.16. The van der Waals surface area contributed by atoms with Crippen molar-refractivity contribution in [3.63, 3.8) is 0 Å². The first kappa shape index (κ1) is 16.0. The number of methoxy groups -OCH3 is 2. The van der Waals surface area contributed by atoms with Crippen LogP contribution < -0.4 is 19.9 Å². The number of aromatic nitrogens is 2. The Morgan fingerprint density at radius 1 is 0.808 bits per heavy atom. The number of ether oxygens (including phenoxy) is 3. The summed E-state index contributed by atoms with van der Waals surface area (Å²) in [5.41, 5.74) is 7.55. The van der Waals surface area contributed by atoms with Crippen LogP contribution in [0.2, 0.25) is 0 Å². The van der Waals surface area contributed by atoms with Crippen LogP contribution in [-0.2, 0) is 0 Å². The Balaban J connectivity index is 1.84. The van der Waals surface area contributed by atoms with E-state index in [1.807, 2.05) is 36.4 Å². The van der Waals surface area contributed by atoms with Crippen LogP contribution in [0.15, 0.2) is 54.9 Å². The van der Waals surface area contributed by atoms with Gasteiger partial charge in [-0.3, -0.25) is 0 Å². The van der Waals surface area contributed by atoms with Crippen LogP contribution in [-0.4, -0.2) is 24.2 Å². The number of benzene rings is 3. The smallest absolute Gasteiger partial charge is 0.230 e. The quantitative estimate of drug-likeness (QED) is 0.558. The number of nitrogen functional groups attached to an aromatic ring is 1. The van der Waals surface area contributed by atoms with E-state index >= 15 is 0 Å². The lowest BCUT2D eigenvalue weighted by atomic mass is 10.1. The van der Waals surface area contributed by atoms with Crippen molar-refractivity contribution in [1.82, 2.24) is 9.97 Å². The molecule has 26 heavy (non-hydrogen) atoms. The molecule has 0 aliphatic rings. The highest BCUT2D eigenvalue weighted by atomic mass is 16.5. The summed E-state index contributed by atoms with van der Waals surface area (Å²) >= 11 is 0.